The molecule has 5 heteroatoms. The van der Waals surface area contributed by atoms with Crippen molar-refractivity contribution in [3.05, 3.63) is 53.1 Å². The van der Waals surface area contributed by atoms with Gasteiger partial charge in [-0.1, -0.05) is 18.2 Å². The summed E-state index contributed by atoms with van der Waals surface area (Å²) < 4.78 is 15.3. The van der Waals surface area contributed by atoms with Crippen LogP contribution < -0.4 is 5.32 Å². The predicted molar refractivity (Wildman–Crippen MR) is 71.0 cm³/mol. The molecule has 0 saturated carbocycles. The number of halogens is 1. The van der Waals surface area contributed by atoms with Crippen molar-refractivity contribution in [3.63, 3.8) is 0 Å². The number of aliphatic hydroxyl groups excluding tert-OH is 1. The van der Waals surface area contributed by atoms with Gasteiger partial charge in [0.2, 0.25) is 0 Å². The minimum absolute atomic E-state index is 0.301. The third-order valence-corrected chi connectivity index (χ3v) is 3.25. The Morgan fingerprint density at radius 3 is 2.79 bits per heavy atom. The number of nitrogens with one attached hydrogen (secondary N) is 1. The first-order valence-corrected chi connectivity index (χ1v) is 6.20. The SMILES string of the molecule is Cc1c(CNCC(O)c2ccccc2F)cnn1C. The van der Waals surface area contributed by atoms with Crippen LogP contribution in [-0.2, 0) is 13.6 Å². The normalized spacial score (nSPS) is 12.6. The lowest BCUT2D eigenvalue weighted by Crippen LogP contribution is -2.22. The molecule has 0 bridgehead atoms. The lowest BCUT2D eigenvalue weighted by atomic mass is 10.1. The predicted octanol–water partition coefficient (Wildman–Crippen LogP) is 1.69. The van der Waals surface area contributed by atoms with Crippen LogP contribution >= 0.6 is 0 Å². The molecule has 1 aromatic heterocycles. The molecule has 0 aliphatic carbocycles. The highest BCUT2D eigenvalue weighted by Gasteiger charge is 2.12. The number of benzene rings is 1. The van der Waals surface area contributed by atoms with Crippen molar-refractivity contribution in [2.75, 3.05) is 6.54 Å². The van der Waals surface area contributed by atoms with Crippen molar-refractivity contribution in [2.24, 2.45) is 7.05 Å². The van der Waals surface area contributed by atoms with Crippen LogP contribution in [0.5, 0.6) is 0 Å². The van der Waals surface area contributed by atoms with Gasteiger partial charge < -0.3 is 10.4 Å². The maximum absolute atomic E-state index is 13.5. The van der Waals surface area contributed by atoms with Gasteiger partial charge in [-0.3, -0.25) is 4.68 Å². The van der Waals surface area contributed by atoms with E-state index in [1.807, 2.05) is 14.0 Å². The van der Waals surface area contributed by atoms with Gasteiger partial charge in [-0.15, -0.1) is 0 Å². The van der Waals surface area contributed by atoms with Gasteiger partial charge >= 0.3 is 0 Å². The van der Waals surface area contributed by atoms with E-state index in [2.05, 4.69) is 10.4 Å². The fraction of sp³-hybridized carbons (Fsp3) is 0.357. The monoisotopic (exact) mass is 263 g/mol. The van der Waals surface area contributed by atoms with Gasteiger partial charge in [-0.25, -0.2) is 4.39 Å². The van der Waals surface area contributed by atoms with Crippen molar-refractivity contribution in [2.45, 2.75) is 19.6 Å². The number of nitrogens with zero attached hydrogens (tertiary/aromatic N) is 2. The summed E-state index contributed by atoms with van der Waals surface area (Å²) in [6.07, 6.45) is 0.941. The smallest absolute Gasteiger partial charge is 0.129 e. The Labute approximate surface area is 111 Å². The van der Waals surface area contributed by atoms with Crippen LogP contribution in [0.4, 0.5) is 4.39 Å². The summed E-state index contributed by atoms with van der Waals surface area (Å²) in [5.41, 5.74) is 2.47. The Bertz CT molecular complexity index is 553. The zero-order valence-corrected chi connectivity index (χ0v) is 11.1. The van der Waals surface area contributed by atoms with Crippen molar-refractivity contribution < 1.29 is 9.50 Å². The van der Waals surface area contributed by atoms with Crippen LogP contribution in [0.2, 0.25) is 0 Å². The summed E-state index contributed by atoms with van der Waals surface area (Å²) in [6.45, 7) is 2.89. The molecule has 1 unspecified atom stereocenters. The van der Waals surface area contributed by atoms with Crippen LogP contribution in [0.15, 0.2) is 30.5 Å². The molecule has 1 atom stereocenters. The fourth-order valence-corrected chi connectivity index (χ4v) is 1.92. The molecule has 4 nitrogen and oxygen atoms in total. The maximum Gasteiger partial charge on any atom is 0.129 e. The van der Waals surface area contributed by atoms with Crippen LogP contribution in [0.25, 0.3) is 0 Å². The number of hydrogen-bond acceptors (Lipinski definition) is 3. The molecule has 102 valence electrons. The van der Waals surface area contributed by atoms with E-state index in [0.717, 1.165) is 11.3 Å². The molecule has 1 heterocycles. The molecule has 0 fully saturated rings. The first-order chi connectivity index (χ1) is 9.09. The molecule has 1 aromatic carbocycles. The summed E-state index contributed by atoms with van der Waals surface area (Å²) in [7, 11) is 1.88. The van der Waals surface area contributed by atoms with Crippen LogP contribution in [0, 0.1) is 12.7 Å². The van der Waals surface area contributed by atoms with E-state index in [1.165, 1.54) is 6.07 Å². The summed E-state index contributed by atoms with van der Waals surface area (Å²) >= 11 is 0. The quantitative estimate of drug-likeness (QED) is 0.863. The molecule has 0 aliphatic rings. The van der Waals surface area contributed by atoms with Gasteiger partial charge in [0.1, 0.15) is 5.82 Å². The average molecular weight is 263 g/mol. The second-order valence-corrected chi connectivity index (χ2v) is 4.55. The van der Waals surface area contributed by atoms with Gasteiger partial charge in [-0.05, 0) is 13.0 Å². The molecule has 0 aliphatic heterocycles. The summed E-state index contributed by atoms with van der Waals surface area (Å²) in [6, 6.07) is 6.27. The standard InChI is InChI=1S/C14H18FN3O/c1-10-11(8-17-18(10)2)7-16-9-14(19)12-5-3-4-6-13(12)15/h3-6,8,14,16,19H,7,9H2,1-2H3. The minimum atomic E-state index is -0.849. The molecule has 2 rings (SSSR count). The van der Waals surface area contributed by atoms with E-state index in [4.69, 9.17) is 0 Å². The highest BCUT2D eigenvalue weighted by Crippen LogP contribution is 2.15. The van der Waals surface area contributed by atoms with Crippen molar-refractivity contribution in [1.29, 1.82) is 0 Å². The lowest BCUT2D eigenvalue weighted by molar-refractivity contribution is 0.169. The number of aliphatic hydroxyl groups is 1. The molecular weight excluding hydrogens is 245 g/mol. The van der Waals surface area contributed by atoms with E-state index in [-0.39, 0.29) is 5.82 Å². The second kappa shape index (κ2) is 5.95. The molecule has 0 radical (unpaired) electrons. The second-order valence-electron chi connectivity index (χ2n) is 4.55. The van der Waals surface area contributed by atoms with Crippen molar-refractivity contribution in [1.82, 2.24) is 15.1 Å². The van der Waals surface area contributed by atoms with Crippen molar-refractivity contribution in [3.8, 4) is 0 Å². The highest BCUT2D eigenvalue weighted by molar-refractivity contribution is 5.20. The molecule has 2 aromatic rings. The number of aryl methyl sites for hydroxylation is 1. The van der Waals surface area contributed by atoms with Gasteiger partial charge in [-0.2, -0.15) is 5.10 Å². The van der Waals surface area contributed by atoms with E-state index in [9.17, 15) is 9.50 Å². The van der Waals surface area contributed by atoms with E-state index >= 15 is 0 Å². The van der Waals surface area contributed by atoms with E-state index < -0.39 is 6.10 Å². The number of rotatable bonds is 5. The van der Waals surface area contributed by atoms with Gasteiger partial charge in [0.05, 0.1) is 12.3 Å². The van der Waals surface area contributed by atoms with E-state index in [1.54, 1.807) is 29.1 Å². The zero-order chi connectivity index (χ0) is 13.8. The fourth-order valence-electron chi connectivity index (χ4n) is 1.92. The maximum atomic E-state index is 13.5. The topological polar surface area (TPSA) is 50.1 Å². The Balaban J connectivity index is 1.89. The summed E-state index contributed by atoms with van der Waals surface area (Å²) in [4.78, 5) is 0. The van der Waals surface area contributed by atoms with E-state index in [0.29, 0.717) is 18.7 Å². The van der Waals surface area contributed by atoms with Crippen LogP contribution in [-0.4, -0.2) is 21.4 Å². The van der Waals surface area contributed by atoms with Gasteiger partial charge in [0.25, 0.3) is 0 Å². The first kappa shape index (κ1) is 13.7. The molecule has 0 amide bonds. The minimum Gasteiger partial charge on any atom is -0.387 e. The van der Waals surface area contributed by atoms with Crippen LogP contribution in [0.1, 0.15) is 22.9 Å². The number of aromatic nitrogens is 2. The Morgan fingerprint density at radius 2 is 2.16 bits per heavy atom. The third kappa shape index (κ3) is 3.19. The van der Waals surface area contributed by atoms with Crippen LogP contribution in [0.3, 0.4) is 0 Å². The molecule has 2 N–H and O–H groups in total. The Kier molecular flexibility index (Phi) is 4.29. The number of hydrogen-bond donors (Lipinski definition) is 2. The first-order valence-electron chi connectivity index (χ1n) is 6.20. The molecule has 0 spiro atoms. The highest BCUT2D eigenvalue weighted by atomic mass is 19.1. The summed E-state index contributed by atoms with van der Waals surface area (Å²) in [5, 5.41) is 17.2. The summed E-state index contributed by atoms with van der Waals surface area (Å²) in [5.74, 6) is -0.380. The molecule has 19 heavy (non-hydrogen) atoms. The largest absolute Gasteiger partial charge is 0.387 e. The Hall–Kier alpha value is -1.72. The lowest BCUT2D eigenvalue weighted by Gasteiger charge is -2.12. The Morgan fingerprint density at radius 1 is 1.42 bits per heavy atom. The average Bonchev–Trinajstić information content (AvgIpc) is 2.71. The molecular formula is C14H18FN3O. The van der Waals surface area contributed by atoms with Gasteiger partial charge in [0.15, 0.2) is 0 Å². The van der Waals surface area contributed by atoms with Crippen molar-refractivity contribution >= 4 is 0 Å². The zero-order valence-electron chi connectivity index (χ0n) is 11.1. The van der Waals surface area contributed by atoms with Gasteiger partial charge in [0, 0.05) is 37.0 Å². The third-order valence-electron chi connectivity index (χ3n) is 3.25. The molecule has 0 saturated heterocycles.